The molecule has 0 heterocycles. The van der Waals surface area contributed by atoms with Gasteiger partial charge in [0.2, 0.25) is 0 Å². The SMILES string of the molecule is CSCCC(N)C(=O)OC(N)=O. The van der Waals surface area contributed by atoms with Gasteiger partial charge in [0.1, 0.15) is 6.04 Å². The normalized spacial score (nSPS) is 12.2. The molecule has 1 unspecified atom stereocenters. The maximum absolute atomic E-state index is 10.8. The average Bonchev–Trinajstić information content (AvgIpc) is 1.98. The summed E-state index contributed by atoms with van der Waals surface area (Å²) >= 11 is 1.56. The van der Waals surface area contributed by atoms with Crippen LogP contribution in [0, 0.1) is 0 Å². The van der Waals surface area contributed by atoms with Crippen LogP contribution in [0.2, 0.25) is 0 Å². The number of amides is 1. The molecule has 0 saturated carbocycles. The molecular formula is C6H12N2O3S. The van der Waals surface area contributed by atoms with Crippen LogP contribution in [-0.2, 0) is 9.53 Å². The molecular weight excluding hydrogens is 180 g/mol. The van der Waals surface area contributed by atoms with E-state index in [0.717, 1.165) is 5.75 Å². The van der Waals surface area contributed by atoms with Crippen molar-refractivity contribution in [3.05, 3.63) is 0 Å². The molecule has 0 radical (unpaired) electrons. The predicted molar refractivity (Wildman–Crippen MR) is 46.6 cm³/mol. The Bertz CT molecular complexity index is 174. The summed E-state index contributed by atoms with van der Waals surface area (Å²) in [7, 11) is 0. The summed E-state index contributed by atoms with van der Waals surface area (Å²) in [4.78, 5) is 20.9. The van der Waals surface area contributed by atoms with Gasteiger partial charge in [-0.3, -0.25) is 0 Å². The van der Waals surface area contributed by atoms with Gasteiger partial charge >= 0.3 is 12.1 Å². The van der Waals surface area contributed by atoms with Gasteiger partial charge in [0.15, 0.2) is 0 Å². The second-order valence-electron chi connectivity index (χ2n) is 2.13. The summed E-state index contributed by atoms with van der Waals surface area (Å²) < 4.78 is 4.07. The van der Waals surface area contributed by atoms with E-state index in [9.17, 15) is 9.59 Å². The number of rotatable bonds is 4. The average molecular weight is 192 g/mol. The van der Waals surface area contributed by atoms with Crippen LogP contribution < -0.4 is 11.5 Å². The van der Waals surface area contributed by atoms with Gasteiger partial charge in [-0.25, -0.2) is 9.59 Å². The molecule has 1 amide bonds. The minimum atomic E-state index is -1.11. The lowest BCUT2D eigenvalue weighted by Crippen LogP contribution is -2.35. The molecule has 0 aliphatic rings. The Labute approximate surface area is 74.8 Å². The van der Waals surface area contributed by atoms with E-state index in [1.54, 1.807) is 11.8 Å². The van der Waals surface area contributed by atoms with Crippen LogP contribution in [0.1, 0.15) is 6.42 Å². The zero-order valence-corrected chi connectivity index (χ0v) is 7.60. The van der Waals surface area contributed by atoms with Crippen molar-refractivity contribution in [1.82, 2.24) is 0 Å². The molecule has 70 valence electrons. The third-order valence-electron chi connectivity index (χ3n) is 1.14. The van der Waals surface area contributed by atoms with Crippen molar-refractivity contribution in [2.75, 3.05) is 12.0 Å². The zero-order chi connectivity index (χ0) is 9.56. The standard InChI is InChI=1S/C6H12N2O3S/c1-12-3-2-4(7)5(9)11-6(8)10/h4H,2-3,7H2,1H3,(H2,8,10). The maximum Gasteiger partial charge on any atom is 0.412 e. The topological polar surface area (TPSA) is 95.4 Å². The molecule has 0 saturated heterocycles. The lowest BCUT2D eigenvalue weighted by Gasteiger charge is -2.07. The molecule has 0 fully saturated rings. The fourth-order valence-electron chi connectivity index (χ4n) is 0.538. The lowest BCUT2D eigenvalue weighted by atomic mass is 10.2. The van der Waals surface area contributed by atoms with E-state index >= 15 is 0 Å². The summed E-state index contributed by atoms with van der Waals surface area (Å²) in [5.41, 5.74) is 9.97. The summed E-state index contributed by atoms with van der Waals surface area (Å²) in [6.45, 7) is 0. The Morgan fingerprint density at radius 3 is 2.58 bits per heavy atom. The number of nitrogens with two attached hydrogens (primary N) is 2. The maximum atomic E-state index is 10.8. The van der Waals surface area contributed by atoms with Crippen LogP contribution >= 0.6 is 11.8 Å². The molecule has 4 N–H and O–H groups in total. The number of hydrogen-bond donors (Lipinski definition) is 2. The molecule has 0 bridgehead atoms. The molecule has 0 aromatic heterocycles. The summed E-state index contributed by atoms with van der Waals surface area (Å²) in [5.74, 6) is -0.0220. The Kier molecular flexibility index (Phi) is 5.48. The number of carbonyl (C=O) groups excluding carboxylic acids is 2. The smallest absolute Gasteiger partial charge is 0.375 e. The molecule has 0 aliphatic heterocycles. The van der Waals surface area contributed by atoms with Crippen molar-refractivity contribution in [2.24, 2.45) is 11.5 Å². The van der Waals surface area contributed by atoms with E-state index < -0.39 is 18.1 Å². The second kappa shape index (κ2) is 5.84. The summed E-state index contributed by atoms with van der Waals surface area (Å²) in [6, 6.07) is -0.759. The van der Waals surface area contributed by atoms with Gasteiger partial charge in [-0.1, -0.05) is 0 Å². The Morgan fingerprint density at radius 2 is 2.17 bits per heavy atom. The third-order valence-corrected chi connectivity index (χ3v) is 1.78. The van der Waals surface area contributed by atoms with Gasteiger partial charge in [-0.2, -0.15) is 11.8 Å². The highest BCUT2D eigenvalue weighted by Gasteiger charge is 2.16. The van der Waals surface area contributed by atoms with Crippen LogP contribution in [0.5, 0.6) is 0 Å². The van der Waals surface area contributed by atoms with Crippen LogP contribution in [-0.4, -0.2) is 30.1 Å². The van der Waals surface area contributed by atoms with E-state index in [1.165, 1.54) is 0 Å². The highest BCUT2D eigenvalue weighted by molar-refractivity contribution is 7.98. The molecule has 0 rings (SSSR count). The number of primary amides is 1. The fourth-order valence-corrected chi connectivity index (χ4v) is 1.03. The number of thioether (sulfide) groups is 1. The number of esters is 1. The second-order valence-corrected chi connectivity index (χ2v) is 3.11. The molecule has 6 heteroatoms. The van der Waals surface area contributed by atoms with Crippen molar-refractivity contribution in [3.8, 4) is 0 Å². The first-order valence-corrected chi connectivity index (χ1v) is 4.73. The van der Waals surface area contributed by atoms with E-state index in [-0.39, 0.29) is 0 Å². The van der Waals surface area contributed by atoms with Crippen LogP contribution in [0.4, 0.5) is 4.79 Å². The Balaban J connectivity index is 3.69. The molecule has 5 nitrogen and oxygen atoms in total. The molecule has 0 spiro atoms. The summed E-state index contributed by atoms with van der Waals surface area (Å²) in [5, 5.41) is 0. The van der Waals surface area contributed by atoms with Gasteiger partial charge in [-0.15, -0.1) is 0 Å². The van der Waals surface area contributed by atoms with Crippen molar-refractivity contribution in [2.45, 2.75) is 12.5 Å². The van der Waals surface area contributed by atoms with Crippen molar-refractivity contribution in [3.63, 3.8) is 0 Å². The van der Waals surface area contributed by atoms with Gasteiger partial charge in [0.05, 0.1) is 0 Å². The predicted octanol–water partition coefficient (Wildman–Crippen LogP) is -0.311. The Morgan fingerprint density at radius 1 is 1.58 bits per heavy atom. The highest BCUT2D eigenvalue weighted by atomic mass is 32.2. The molecule has 12 heavy (non-hydrogen) atoms. The largest absolute Gasteiger partial charge is 0.412 e. The number of carbonyl (C=O) groups is 2. The first-order valence-electron chi connectivity index (χ1n) is 3.33. The van der Waals surface area contributed by atoms with Crippen molar-refractivity contribution in [1.29, 1.82) is 0 Å². The quantitative estimate of drug-likeness (QED) is 0.470. The van der Waals surface area contributed by atoms with E-state index in [1.807, 2.05) is 6.26 Å². The minimum absolute atomic E-state index is 0.479. The van der Waals surface area contributed by atoms with E-state index in [2.05, 4.69) is 10.5 Å². The monoisotopic (exact) mass is 192 g/mol. The van der Waals surface area contributed by atoms with E-state index in [4.69, 9.17) is 5.73 Å². The molecule has 0 aromatic rings. The number of hydrogen-bond acceptors (Lipinski definition) is 5. The fraction of sp³-hybridized carbons (Fsp3) is 0.667. The minimum Gasteiger partial charge on any atom is -0.375 e. The van der Waals surface area contributed by atoms with Crippen molar-refractivity contribution >= 4 is 23.8 Å². The van der Waals surface area contributed by atoms with Gasteiger partial charge < -0.3 is 16.2 Å². The highest BCUT2D eigenvalue weighted by Crippen LogP contribution is 1.99. The van der Waals surface area contributed by atoms with Crippen LogP contribution in [0.3, 0.4) is 0 Å². The lowest BCUT2D eigenvalue weighted by molar-refractivity contribution is -0.138. The molecule has 0 aromatic carbocycles. The van der Waals surface area contributed by atoms with Crippen molar-refractivity contribution < 1.29 is 14.3 Å². The van der Waals surface area contributed by atoms with Gasteiger partial charge in [-0.05, 0) is 18.4 Å². The first-order chi connectivity index (χ1) is 5.57. The molecule has 1 atom stereocenters. The van der Waals surface area contributed by atoms with Gasteiger partial charge in [0.25, 0.3) is 0 Å². The van der Waals surface area contributed by atoms with Gasteiger partial charge in [0, 0.05) is 0 Å². The molecule has 0 aliphatic carbocycles. The third kappa shape index (κ3) is 4.97. The zero-order valence-electron chi connectivity index (χ0n) is 6.78. The van der Waals surface area contributed by atoms with Crippen LogP contribution in [0.15, 0.2) is 0 Å². The Hall–Kier alpha value is -0.750. The number of ether oxygens (including phenoxy) is 1. The van der Waals surface area contributed by atoms with Crippen LogP contribution in [0.25, 0.3) is 0 Å². The summed E-state index contributed by atoms with van der Waals surface area (Å²) in [6.07, 6.45) is 1.26. The van der Waals surface area contributed by atoms with E-state index in [0.29, 0.717) is 6.42 Å². The first kappa shape index (κ1) is 11.2.